The van der Waals surface area contributed by atoms with Crippen molar-refractivity contribution < 1.29 is 32.9 Å². The van der Waals surface area contributed by atoms with Crippen LogP contribution in [0.1, 0.15) is 35.2 Å². The van der Waals surface area contributed by atoms with Gasteiger partial charge < -0.3 is 16.2 Å². The molecule has 0 spiro atoms. The summed E-state index contributed by atoms with van der Waals surface area (Å²) >= 11 is 1.50. The van der Waals surface area contributed by atoms with Gasteiger partial charge in [-0.3, -0.25) is 19.3 Å². The van der Waals surface area contributed by atoms with Gasteiger partial charge in [0.05, 0.1) is 11.6 Å². The number of phenols is 1. The van der Waals surface area contributed by atoms with Crippen LogP contribution in [0.15, 0.2) is 77.7 Å². The van der Waals surface area contributed by atoms with Crippen molar-refractivity contribution >= 4 is 46.0 Å². The van der Waals surface area contributed by atoms with Gasteiger partial charge in [-0.15, -0.1) is 11.8 Å². The molecule has 1 aliphatic heterocycles. The Morgan fingerprint density at radius 2 is 1.63 bits per heavy atom. The molecule has 218 valence electrons. The van der Waals surface area contributed by atoms with Gasteiger partial charge in [0.1, 0.15) is 5.75 Å². The molecular weight excluding hydrogens is 566 g/mol. The summed E-state index contributed by atoms with van der Waals surface area (Å²) in [4.78, 5) is 26.6. The number of phenolic OH excluding ortho intramolecular Hbond substituents is 1. The second-order valence-electron chi connectivity index (χ2n) is 9.50. The van der Waals surface area contributed by atoms with Crippen LogP contribution >= 0.6 is 11.8 Å². The minimum atomic E-state index is -3.67. The molecule has 12 heteroatoms. The number of primary amides is 1. The molecule has 2 amide bonds. The van der Waals surface area contributed by atoms with Gasteiger partial charge in [0, 0.05) is 22.2 Å². The quantitative estimate of drug-likeness (QED) is 0.141. The normalized spacial score (nSPS) is 16.6. The van der Waals surface area contributed by atoms with Crippen LogP contribution in [-0.2, 0) is 14.9 Å². The molecule has 4 rings (SSSR count). The number of hydrogen-bond acceptors (Lipinski definition) is 8. The molecular formula is C29H33N3O7S2. The van der Waals surface area contributed by atoms with Crippen molar-refractivity contribution in [1.82, 2.24) is 10.4 Å². The number of carbonyl (C=O) groups is 2. The summed E-state index contributed by atoms with van der Waals surface area (Å²) in [6.45, 7) is 1.70. The molecule has 2 unspecified atom stereocenters. The summed E-state index contributed by atoms with van der Waals surface area (Å²) in [6.07, 6.45) is 5.21. The zero-order valence-electron chi connectivity index (χ0n) is 22.6. The minimum Gasteiger partial charge on any atom is -0.508 e. The number of carbonyl (C=O) groups excluding carboxylic acids is 2. The lowest BCUT2D eigenvalue weighted by molar-refractivity contribution is -0.144. The number of benzene rings is 3. The van der Waals surface area contributed by atoms with E-state index in [2.05, 4.69) is 5.32 Å². The van der Waals surface area contributed by atoms with Crippen LogP contribution in [0.4, 0.5) is 0 Å². The average Bonchev–Trinajstić information content (AvgIpc) is 2.90. The van der Waals surface area contributed by atoms with Crippen LogP contribution in [0.3, 0.4) is 0 Å². The number of nitrogens with zero attached hydrogens (tertiary/aromatic N) is 1. The SMILES string of the molecule is CS(=O)(=O)O.Cc1c(O)cccc1C(=O)NC(CCCC1(C(N)=O)C=c2ccccc2=CN1O)Sc1ccccc1. The van der Waals surface area contributed by atoms with Gasteiger partial charge in [-0.25, -0.2) is 5.06 Å². The standard InChI is InChI=1S/C28H29N3O4S.CH4O3S/c1-19-23(13-7-14-24(19)32)26(33)30-25(36-22-11-3-2-4-12-22)15-8-16-28(27(29)34)17-20-9-5-6-10-21(20)18-31(28)35;1-5(2,3)4/h2-7,9-14,17-18,25,32,35H,8,15-16H2,1H3,(H2,29,34)(H,30,33);1H3,(H,2,3,4). The predicted molar refractivity (Wildman–Crippen MR) is 158 cm³/mol. The summed E-state index contributed by atoms with van der Waals surface area (Å²) in [7, 11) is -3.67. The third kappa shape index (κ3) is 8.82. The highest BCUT2D eigenvalue weighted by molar-refractivity contribution is 8.00. The lowest BCUT2D eigenvalue weighted by Crippen LogP contribution is -2.57. The van der Waals surface area contributed by atoms with E-state index in [1.165, 1.54) is 18.0 Å². The number of nitrogens with two attached hydrogens (primary N) is 1. The van der Waals surface area contributed by atoms with Crippen LogP contribution in [0.2, 0.25) is 0 Å². The van der Waals surface area contributed by atoms with Crippen molar-refractivity contribution in [3.63, 3.8) is 0 Å². The number of thioether (sulfide) groups is 1. The van der Waals surface area contributed by atoms with Crippen LogP contribution in [-0.4, -0.2) is 57.3 Å². The first kappa shape index (κ1) is 31.7. The van der Waals surface area contributed by atoms with Gasteiger partial charge in [0.2, 0.25) is 5.91 Å². The maximum Gasteiger partial charge on any atom is 0.261 e. The first-order chi connectivity index (χ1) is 19.3. The second kappa shape index (κ2) is 13.7. The summed E-state index contributed by atoms with van der Waals surface area (Å²) < 4.78 is 25.9. The average molecular weight is 600 g/mol. The topological polar surface area (TPSA) is 170 Å². The molecule has 10 nitrogen and oxygen atoms in total. The fourth-order valence-corrected chi connectivity index (χ4v) is 5.39. The van der Waals surface area contributed by atoms with Gasteiger partial charge in [0.15, 0.2) is 5.54 Å². The Labute approximate surface area is 242 Å². The first-order valence-corrected chi connectivity index (χ1v) is 15.3. The summed E-state index contributed by atoms with van der Waals surface area (Å²) in [5, 5.41) is 26.0. The Morgan fingerprint density at radius 3 is 2.27 bits per heavy atom. The molecule has 0 aromatic heterocycles. The van der Waals surface area contributed by atoms with Crippen molar-refractivity contribution in [3.05, 3.63) is 94.4 Å². The molecule has 1 heterocycles. The highest BCUT2D eigenvalue weighted by Crippen LogP contribution is 2.30. The van der Waals surface area contributed by atoms with E-state index in [9.17, 15) is 28.3 Å². The molecule has 41 heavy (non-hydrogen) atoms. The van der Waals surface area contributed by atoms with Crippen molar-refractivity contribution in [2.45, 2.75) is 42.0 Å². The molecule has 3 aromatic carbocycles. The van der Waals surface area contributed by atoms with Crippen LogP contribution in [0, 0.1) is 6.92 Å². The zero-order valence-corrected chi connectivity index (χ0v) is 24.2. The number of hydroxylamine groups is 2. The maximum atomic E-state index is 13.1. The first-order valence-electron chi connectivity index (χ1n) is 12.6. The molecule has 1 aliphatic rings. The van der Waals surface area contributed by atoms with Crippen molar-refractivity contribution in [2.24, 2.45) is 5.73 Å². The van der Waals surface area contributed by atoms with Gasteiger partial charge in [-0.1, -0.05) is 48.5 Å². The predicted octanol–water partition coefficient (Wildman–Crippen LogP) is 2.37. The molecule has 6 N–H and O–H groups in total. The monoisotopic (exact) mass is 599 g/mol. The molecule has 0 saturated carbocycles. The summed E-state index contributed by atoms with van der Waals surface area (Å²) in [5.74, 6) is -0.884. The number of fused-ring (bicyclic) bond motifs is 1. The molecule has 0 saturated heterocycles. The highest BCUT2D eigenvalue weighted by Gasteiger charge is 2.40. The van der Waals surface area contributed by atoms with E-state index in [1.807, 2.05) is 54.6 Å². The Kier molecular flexibility index (Phi) is 10.6. The Morgan fingerprint density at radius 1 is 1.02 bits per heavy atom. The Hall–Kier alpha value is -3.84. The fourth-order valence-electron chi connectivity index (χ4n) is 4.30. The lowest BCUT2D eigenvalue weighted by Gasteiger charge is -2.36. The van der Waals surface area contributed by atoms with E-state index in [0.29, 0.717) is 30.2 Å². The van der Waals surface area contributed by atoms with Crippen molar-refractivity contribution in [2.75, 3.05) is 6.26 Å². The van der Waals surface area contributed by atoms with Gasteiger partial charge in [-0.2, -0.15) is 8.42 Å². The smallest absolute Gasteiger partial charge is 0.261 e. The molecule has 0 bridgehead atoms. The minimum absolute atomic E-state index is 0.0608. The highest BCUT2D eigenvalue weighted by atomic mass is 32.2. The van der Waals surface area contributed by atoms with Gasteiger partial charge in [-0.05, 0) is 67.0 Å². The molecule has 0 radical (unpaired) electrons. The van der Waals surface area contributed by atoms with Crippen LogP contribution < -0.4 is 21.5 Å². The van der Waals surface area contributed by atoms with E-state index in [4.69, 9.17) is 10.3 Å². The largest absolute Gasteiger partial charge is 0.508 e. The lowest BCUT2D eigenvalue weighted by atomic mass is 9.88. The zero-order chi connectivity index (χ0) is 30.2. The summed E-state index contributed by atoms with van der Waals surface area (Å²) in [6, 6.07) is 22.0. The van der Waals surface area contributed by atoms with Crippen LogP contribution in [0.5, 0.6) is 5.75 Å². The number of amides is 2. The maximum absolute atomic E-state index is 13.1. The van der Waals surface area contributed by atoms with Crippen molar-refractivity contribution in [1.29, 1.82) is 0 Å². The van der Waals surface area contributed by atoms with E-state index >= 15 is 0 Å². The number of aromatic hydroxyl groups is 1. The molecule has 3 aromatic rings. The second-order valence-corrected chi connectivity index (χ2v) is 12.2. The third-order valence-corrected chi connectivity index (χ3v) is 7.56. The third-order valence-electron chi connectivity index (χ3n) is 6.37. The molecule has 0 aliphatic carbocycles. The van der Waals surface area contributed by atoms with Gasteiger partial charge in [0.25, 0.3) is 16.0 Å². The molecule has 0 fully saturated rings. The van der Waals surface area contributed by atoms with E-state index < -0.39 is 21.6 Å². The Balaban J connectivity index is 0.000000850. The van der Waals surface area contributed by atoms with E-state index in [-0.39, 0.29) is 23.5 Å². The van der Waals surface area contributed by atoms with Crippen molar-refractivity contribution in [3.8, 4) is 5.75 Å². The molecule has 2 atom stereocenters. The summed E-state index contributed by atoms with van der Waals surface area (Å²) in [5.41, 5.74) is 5.31. The van der Waals surface area contributed by atoms with Crippen LogP contribution in [0.25, 0.3) is 12.3 Å². The van der Waals surface area contributed by atoms with E-state index in [0.717, 1.165) is 20.4 Å². The Bertz CT molecular complexity index is 1610. The van der Waals surface area contributed by atoms with E-state index in [1.54, 1.807) is 31.2 Å². The number of rotatable bonds is 9. The fraction of sp³-hybridized carbons (Fsp3) is 0.241. The van der Waals surface area contributed by atoms with Gasteiger partial charge >= 0.3 is 0 Å². The number of nitrogens with one attached hydrogen (secondary N) is 1. The number of hydrogen-bond donors (Lipinski definition) is 5.